The van der Waals surface area contributed by atoms with Gasteiger partial charge in [0.1, 0.15) is 0 Å². The molecule has 3 heterocycles. The van der Waals surface area contributed by atoms with Gasteiger partial charge in [-0.25, -0.2) is 8.42 Å². The maximum atomic E-state index is 13.0. The molecule has 7 heteroatoms. The molecule has 0 bridgehead atoms. The standard InChI is InChI=1S/C13H19BrN2O2S2/c1-8-11(4-12(14)19-8)20(17,18)16-7-9-5-15-6-10(9)13(16,2)3/h4,9-10,15H,5-7H2,1-3H3. The molecule has 112 valence electrons. The van der Waals surface area contributed by atoms with Crippen molar-refractivity contribution in [3.8, 4) is 0 Å². The fourth-order valence-electron chi connectivity index (χ4n) is 3.60. The van der Waals surface area contributed by atoms with E-state index in [1.54, 1.807) is 10.4 Å². The number of nitrogens with zero attached hydrogens (tertiary/aromatic N) is 1. The van der Waals surface area contributed by atoms with E-state index in [0.29, 0.717) is 23.3 Å². The molecule has 0 spiro atoms. The molecular formula is C13H19BrN2O2S2. The molecule has 2 aliphatic heterocycles. The minimum absolute atomic E-state index is 0.326. The SMILES string of the molecule is Cc1sc(Br)cc1S(=O)(=O)N1CC2CNCC2C1(C)C. The zero-order valence-electron chi connectivity index (χ0n) is 11.8. The Morgan fingerprint density at radius 3 is 2.70 bits per heavy atom. The summed E-state index contributed by atoms with van der Waals surface area (Å²) in [4.78, 5) is 1.30. The Labute approximate surface area is 132 Å². The van der Waals surface area contributed by atoms with E-state index >= 15 is 0 Å². The number of rotatable bonds is 2. The summed E-state index contributed by atoms with van der Waals surface area (Å²) in [7, 11) is -3.41. The van der Waals surface area contributed by atoms with Gasteiger partial charge in [0.2, 0.25) is 10.0 Å². The summed E-state index contributed by atoms with van der Waals surface area (Å²) in [5.74, 6) is 0.835. The van der Waals surface area contributed by atoms with Crippen LogP contribution in [-0.2, 0) is 10.0 Å². The number of fused-ring (bicyclic) bond motifs is 1. The van der Waals surface area contributed by atoms with Crippen molar-refractivity contribution in [1.82, 2.24) is 9.62 Å². The summed E-state index contributed by atoms with van der Waals surface area (Å²) in [5, 5.41) is 3.38. The van der Waals surface area contributed by atoms with Crippen molar-refractivity contribution in [3.63, 3.8) is 0 Å². The highest BCUT2D eigenvalue weighted by Crippen LogP contribution is 2.44. The van der Waals surface area contributed by atoms with Gasteiger partial charge in [-0.15, -0.1) is 11.3 Å². The van der Waals surface area contributed by atoms with Crippen molar-refractivity contribution in [3.05, 3.63) is 14.7 Å². The van der Waals surface area contributed by atoms with Crippen LogP contribution in [0, 0.1) is 18.8 Å². The summed E-state index contributed by atoms with van der Waals surface area (Å²) in [6.07, 6.45) is 0. The molecule has 2 fully saturated rings. The van der Waals surface area contributed by atoms with Gasteiger partial charge in [0.05, 0.1) is 8.68 Å². The molecule has 0 aromatic carbocycles. The average molecular weight is 379 g/mol. The van der Waals surface area contributed by atoms with Crippen LogP contribution in [0.4, 0.5) is 0 Å². The highest BCUT2D eigenvalue weighted by molar-refractivity contribution is 9.11. The molecule has 1 N–H and O–H groups in total. The molecular weight excluding hydrogens is 360 g/mol. The molecule has 1 aromatic heterocycles. The lowest BCUT2D eigenvalue weighted by atomic mass is 9.85. The first-order valence-corrected chi connectivity index (χ1v) is 9.79. The van der Waals surface area contributed by atoms with Gasteiger partial charge in [-0.1, -0.05) is 0 Å². The molecule has 20 heavy (non-hydrogen) atoms. The zero-order valence-corrected chi connectivity index (χ0v) is 15.0. The predicted molar refractivity (Wildman–Crippen MR) is 84.6 cm³/mol. The monoisotopic (exact) mass is 378 g/mol. The molecule has 0 aliphatic carbocycles. The number of nitrogens with one attached hydrogen (secondary N) is 1. The van der Waals surface area contributed by atoms with Gasteiger partial charge in [0.25, 0.3) is 0 Å². The minimum Gasteiger partial charge on any atom is -0.316 e. The van der Waals surface area contributed by atoms with E-state index < -0.39 is 10.0 Å². The van der Waals surface area contributed by atoms with E-state index in [1.165, 1.54) is 11.3 Å². The number of halogens is 1. The van der Waals surface area contributed by atoms with Crippen molar-refractivity contribution in [2.75, 3.05) is 19.6 Å². The van der Waals surface area contributed by atoms with Gasteiger partial charge in [-0.2, -0.15) is 4.31 Å². The van der Waals surface area contributed by atoms with Crippen LogP contribution < -0.4 is 5.32 Å². The fraction of sp³-hybridized carbons (Fsp3) is 0.692. The van der Waals surface area contributed by atoms with E-state index in [4.69, 9.17) is 0 Å². The van der Waals surface area contributed by atoms with E-state index in [2.05, 4.69) is 35.1 Å². The normalized spacial score (nSPS) is 29.8. The van der Waals surface area contributed by atoms with Crippen LogP contribution in [0.1, 0.15) is 18.7 Å². The first-order valence-electron chi connectivity index (χ1n) is 6.74. The summed E-state index contributed by atoms with van der Waals surface area (Å²) >= 11 is 4.86. The lowest BCUT2D eigenvalue weighted by Crippen LogP contribution is -2.47. The fourth-order valence-corrected chi connectivity index (χ4v) is 7.86. The molecule has 2 unspecified atom stereocenters. The molecule has 2 saturated heterocycles. The van der Waals surface area contributed by atoms with Gasteiger partial charge in [-0.05, 0) is 61.1 Å². The minimum atomic E-state index is -3.41. The Bertz CT molecular complexity index is 639. The number of hydrogen-bond acceptors (Lipinski definition) is 4. The average Bonchev–Trinajstić information content (AvgIpc) is 2.96. The largest absolute Gasteiger partial charge is 0.316 e. The summed E-state index contributed by atoms with van der Waals surface area (Å²) < 4.78 is 28.6. The zero-order chi connectivity index (χ0) is 14.7. The Balaban J connectivity index is 2.02. The third-order valence-corrected chi connectivity index (χ3v) is 8.56. The van der Waals surface area contributed by atoms with Crippen LogP contribution in [-0.4, -0.2) is 37.9 Å². The second kappa shape index (κ2) is 4.78. The van der Waals surface area contributed by atoms with Crippen molar-refractivity contribution in [1.29, 1.82) is 0 Å². The highest BCUT2D eigenvalue weighted by Gasteiger charge is 2.54. The summed E-state index contributed by atoms with van der Waals surface area (Å²) in [5.41, 5.74) is -0.326. The molecule has 4 nitrogen and oxygen atoms in total. The van der Waals surface area contributed by atoms with Gasteiger partial charge >= 0.3 is 0 Å². The van der Waals surface area contributed by atoms with Gasteiger partial charge in [0.15, 0.2) is 0 Å². The van der Waals surface area contributed by atoms with Crippen molar-refractivity contribution < 1.29 is 8.42 Å². The Kier molecular flexibility index (Phi) is 3.57. The first kappa shape index (κ1) is 15.0. The van der Waals surface area contributed by atoms with Crippen LogP contribution in [0.5, 0.6) is 0 Å². The van der Waals surface area contributed by atoms with E-state index in [9.17, 15) is 8.42 Å². The molecule has 1 aromatic rings. The maximum Gasteiger partial charge on any atom is 0.244 e. The summed E-state index contributed by atoms with van der Waals surface area (Å²) in [6.45, 7) is 8.44. The highest BCUT2D eigenvalue weighted by atomic mass is 79.9. The third kappa shape index (κ3) is 2.09. The molecule has 3 rings (SSSR count). The van der Waals surface area contributed by atoms with Crippen LogP contribution in [0.3, 0.4) is 0 Å². The quantitative estimate of drug-likeness (QED) is 0.859. The van der Waals surface area contributed by atoms with Gasteiger partial charge in [-0.3, -0.25) is 0 Å². The summed E-state index contributed by atoms with van der Waals surface area (Å²) in [6, 6.07) is 1.73. The smallest absolute Gasteiger partial charge is 0.244 e. The maximum absolute atomic E-state index is 13.0. The number of hydrogen-bond donors (Lipinski definition) is 1. The van der Waals surface area contributed by atoms with Crippen LogP contribution in [0.25, 0.3) is 0 Å². The van der Waals surface area contributed by atoms with Crippen molar-refractivity contribution in [2.24, 2.45) is 11.8 Å². The van der Waals surface area contributed by atoms with Gasteiger partial charge < -0.3 is 5.32 Å². The molecule has 0 amide bonds. The Morgan fingerprint density at radius 2 is 2.15 bits per heavy atom. The lowest BCUT2D eigenvalue weighted by Gasteiger charge is -2.34. The predicted octanol–water partition coefficient (Wildman–Crippen LogP) is 2.44. The second-order valence-corrected chi connectivity index (χ2v) is 10.7. The van der Waals surface area contributed by atoms with Crippen molar-refractivity contribution >= 4 is 37.3 Å². The number of thiophene rings is 1. The van der Waals surface area contributed by atoms with Crippen LogP contribution >= 0.6 is 27.3 Å². The Morgan fingerprint density at radius 1 is 1.45 bits per heavy atom. The Hall–Kier alpha value is 0.0500. The second-order valence-electron chi connectivity index (χ2n) is 6.19. The molecule has 2 aliphatic rings. The first-order chi connectivity index (χ1) is 9.24. The third-order valence-electron chi connectivity index (χ3n) is 4.70. The van der Waals surface area contributed by atoms with Crippen LogP contribution in [0.2, 0.25) is 0 Å². The van der Waals surface area contributed by atoms with Crippen molar-refractivity contribution in [2.45, 2.75) is 31.2 Å². The molecule has 0 radical (unpaired) electrons. The van der Waals surface area contributed by atoms with Crippen LogP contribution in [0.15, 0.2) is 14.7 Å². The van der Waals surface area contributed by atoms with E-state index in [0.717, 1.165) is 21.8 Å². The van der Waals surface area contributed by atoms with Gasteiger partial charge in [0, 0.05) is 23.5 Å². The van der Waals surface area contributed by atoms with E-state index in [-0.39, 0.29) is 5.54 Å². The lowest BCUT2D eigenvalue weighted by molar-refractivity contribution is 0.233. The number of aryl methyl sites for hydroxylation is 1. The topological polar surface area (TPSA) is 49.4 Å². The van der Waals surface area contributed by atoms with E-state index in [1.807, 2.05) is 6.92 Å². The molecule has 0 saturated carbocycles. The molecule has 2 atom stereocenters. The number of sulfonamides is 1.